The van der Waals surface area contributed by atoms with Crippen molar-refractivity contribution >= 4 is 34.1 Å². The Labute approximate surface area is 180 Å². The monoisotopic (exact) mass is 431 g/mol. The zero-order valence-electron chi connectivity index (χ0n) is 17.9. The highest BCUT2D eigenvalue weighted by Crippen LogP contribution is 2.33. The number of nitrogens with one attached hydrogen (secondary N) is 2. The van der Waals surface area contributed by atoms with Gasteiger partial charge in [-0.15, -0.1) is 16.4 Å². The summed E-state index contributed by atoms with van der Waals surface area (Å²) in [5.41, 5.74) is 7.73. The highest BCUT2D eigenvalue weighted by molar-refractivity contribution is 7.16. The van der Waals surface area contributed by atoms with Crippen LogP contribution in [0.25, 0.3) is 0 Å². The first-order valence-electron chi connectivity index (χ1n) is 9.46. The van der Waals surface area contributed by atoms with Gasteiger partial charge in [0.15, 0.2) is 11.0 Å². The van der Waals surface area contributed by atoms with Crippen molar-refractivity contribution in [3.8, 4) is 0 Å². The largest absolute Gasteiger partial charge is 0.382 e. The minimum atomic E-state index is -0.307. The third kappa shape index (κ3) is 6.53. The molecule has 162 valence electrons. The molecule has 0 aliphatic carbocycles. The highest BCUT2D eigenvalue weighted by atomic mass is 32.1. The number of hydrazone groups is 1. The van der Waals surface area contributed by atoms with E-state index in [1.165, 1.54) is 11.3 Å². The molecule has 1 heterocycles. The second-order valence-electron chi connectivity index (χ2n) is 7.88. The number of carbonyl (C=O) groups excluding carboxylic acids is 2. The molecule has 0 aliphatic heterocycles. The number of anilines is 1. The van der Waals surface area contributed by atoms with Gasteiger partial charge < -0.3 is 16.4 Å². The number of aromatic nitrogens is 1. The molecule has 0 fully saturated rings. The first-order valence-corrected chi connectivity index (χ1v) is 10.3. The smallest absolute Gasteiger partial charge is 0.251 e. The van der Waals surface area contributed by atoms with Crippen LogP contribution in [0.3, 0.4) is 0 Å². The van der Waals surface area contributed by atoms with Crippen LogP contribution in [-0.4, -0.2) is 41.3 Å². The van der Waals surface area contributed by atoms with Crippen molar-refractivity contribution in [1.29, 1.82) is 0 Å². The number of hydrazine groups is 1. The summed E-state index contributed by atoms with van der Waals surface area (Å²) < 4.78 is 0. The quantitative estimate of drug-likeness (QED) is 0.229. The van der Waals surface area contributed by atoms with E-state index in [2.05, 4.69) is 41.5 Å². The molecule has 0 spiro atoms. The predicted octanol–water partition coefficient (Wildman–Crippen LogP) is 1.93. The lowest BCUT2D eigenvalue weighted by atomic mass is 9.94. The number of benzene rings is 1. The number of carbonyl (C=O) groups is 2. The molecule has 0 radical (unpaired) electrons. The Morgan fingerprint density at radius 1 is 1.27 bits per heavy atom. The third-order valence-electron chi connectivity index (χ3n) is 4.05. The minimum absolute atomic E-state index is 0.0269. The van der Waals surface area contributed by atoms with Crippen LogP contribution in [0, 0.1) is 6.92 Å². The number of hydrogen-bond donors (Lipinski definition) is 4. The lowest BCUT2D eigenvalue weighted by Gasteiger charge is -2.16. The fourth-order valence-corrected chi connectivity index (χ4v) is 3.81. The Kier molecular flexibility index (Phi) is 7.52. The molecule has 10 heteroatoms. The Hall–Kier alpha value is -2.98. The molecule has 0 saturated carbocycles. The van der Waals surface area contributed by atoms with Gasteiger partial charge in [0.05, 0.1) is 5.69 Å². The third-order valence-corrected chi connectivity index (χ3v) is 5.55. The molecular weight excluding hydrogens is 402 g/mol. The van der Waals surface area contributed by atoms with E-state index in [1.54, 1.807) is 31.3 Å². The first-order chi connectivity index (χ1) is 14.0. The lowest BCUT2D eigenvalue weighted by molar-refractivity contribution is -0.116. The van der Waals surface area contributed by atoms with E-state index in [0.717, 1.165) is 15.7 Å². The van der Waals surface area contributed by atoms with Gasteiger partial charge in [0.1, 0.15) is 0 Å². The molecule has 2 amide bonds. The summed E-state index contributed by atoms with van der Waals surface area (Å²) in [5.74, 6) is 5.14. The van der Waals surface area contributed by atoms with E-state index in [4.69, 9.17) is 11.6 Å². The van der Waals surface area contributed by atoms with Crippen LogP contribution in [0.5, 0.6) is 0 Å². The number of rotatable bonds is 7. The van der Waals surface area contributed by atoms with E-state index < -0.39 is 0 Å². The maximum Gasteiger partial charge on any atom is 0.251 e. The molecule has 2 aromatic rings. The van der Waals surface area contributed by atoms with Crippen LogP contribution >= 0.6 is 11.3 Å². The van der Waals surface area contributed by atoms with Crippen molar-refractivity contribution in [2.24, 2.45) is 16.7 Å². The molecular formula is C20H29N7O2S. The standard InChI is InChI=1S/C20H29N7O2S/c1-12-16(20(2,3)4)30-19(24-12)25-15(28)9-10-23-18(29)14-8-6-7-13(11-14)17(21)26-27(5)22/h6-8,11H,9-10,22H2,1-5H3,(H2,21,26)(H,23,29)(H,24,25,28). The average molecular weight is 432 g/mol. The molecule has 1 aromatic heterocycles. The van der Waals surface area contributed by atoms with E-state index in [-0.39, 0.29) is 36.0 Å². The Morgan fingerprint density at radius 3 is 2.53 bits per heavy atom. The van der Waals surface area contributed by atoms with Gasteiger partial charge in [-0.3, -0.25) is 9.59 Å². The maximum absolute atomic E-state index is 12.4. The Bertz CT molecular complexity index is 945. The van der Waals surface area contributed by atoms with Crippen LogP contribution in [0.15, 0.2) is 29.4 Å². The number of amides is 2. The Morgan fingerprint density at radius 2 is 1.93 bits per heavy atom. The summed E-state index contributed by atoms with van der Waals surface area (Å²) in [5, 5.41) is 11.1. The number of aryl methyl sites for hydroxylation is 1. The number of nitrogens with zero attached hydrogens (tertiary/aromatic N) is 3. The molecule has 0 atom stereocenters. The van der Waals surface area contributed by atoms with Gasteiger partial charge in [0, 0.05) is 36.0 Å². The van der Waals surface area contributed by atoms with Crippen LogP contribution in [0.1, 0.15) is 53.7 Å². The second kappa shape index (κ2) is 9.68. The van der Waals surface area contributed by atoms with Crippen molar-refractivity contribution in [2.45, 2.75) is 39.5 Å². The van der Waals surface area contributed by atoms with E-state index in [9.17, 15) is 9.59 Å². The van der Waals surface area contributed by atoms with Gasteiger partial charge in [-0.05, 0) is 24.5 Å². The summed E-state index contributed by atoms with van der Waals surface area (Å²) >= 11 is 1.47. The topological polar surface area (TPSA) is 139 Å². The van der Waals surface area contributed by atoms with Gasteiger partial charge in [0.2, 0.25) is 5.91 Å². The summed E-state index contributed by atoms with van der Waals surface area (Å²) in [6, 6.07) is 6.71. The number of thiazole rings is 1. The van der Waals surface area contributed by atoms with Crippen molar-refractivity contribution in [3.05, 3.63) is 46.0 Å². The zero-order valence-corrected chi connectivity index (χ0v) is 18.8. The second-order valence-corrected chi connectivity index (χ2v) is 8.88. The van der Waals surface area contributed by atoms with Crippen LogP contribution < -0.4 is 22.2 Å². The van der Waals surface area contributed by atoms with Gasteiger partial charge in [0.25, 0.3) is 5.91 Å². The number of nitrogens with two attached hydrogens (primary N) is 2. The van der Waals surface area contributed by atoms with E-state index >= 15 is 0 Å². The van der Waals surface area contributed by atoms with E-state index in [0.29, 0.717) is 16.3 Å². The van der Waals surface area contributed by atoms with Crippen LogP contribution in [0.2, 0.25) is 0 Å². The minimum Gasteiger partial charge on any atom is -0.382 e. The zero-order chi connectivity index (χ0) is 22.5. The van der Waals surface area contributed by atoms with Crippen LogP contribution in [-0.2, 0) is 10.2 Å². The fraction of sp³-hybridized carbons (Fsp3) is 0.400. The van der Waals surface area contributed by atoms with Crippen molar-refractivity contribution < 1.29 is 9.59 Å². The van der Waals surface area contributed by atoms with E-state index in [1.807, 2.05) is 6.92 Å². The normalized spacial score (nSPS) is 11.9. The van der Waals surface area contributed by atoms with Gasteiger partial charge in [-0.25, -0.2) is 15.9 Å². The number of amidine groups is 1. The Balaban J connectivity index is 1.90. The highest BCUT2D eigenvalue weighted by Gasteiger charge is 2.21. The van der Waals surface area contributed by atoms with Gasteiger partial charge in [-0.1, -0.05) is 32.9 Å². The molecule has 0 saturated heterocycles. The molecule has 1 aromatic carbocycles. The van der Waals surface area contributed by atoms with Crippen molar-refractivity contribution in [3.63, 3.8) is 0 Å². The summed E-state index contributed by atoms with van der Waals surface area (Å²) in [4.78, 5) is 30.1. The first kappa shape index (κ1) is 23.3. The maximum atomic E-state index is 12.4. The molecule has 0 aliphatic rings. The summed E-state index contributed by atoms with van der Waals surface area (Å²) in [6.45, 7) is 8.46. The van der Waals surface area contributed by atoms with Crippen molar-refractivity contribution in [1.82, 2.24) is 15.4 Å². The molecule has 9 nitrogen and oxygen atoms in total. The molecule has 6 N–H and O–H groups in total. The predicted molar refractivity (Wildman–Crippen MR) is 120 cm³/mol. The average Bonchev–Trinajstić information content (AvgIpc) is 3.01. The lowest BCUT2D eigenvalue weighted by Crippen LogP contribution is -2.28. The molecule has 2 rings (SSSR count). The molecule has 0 unspecified atom stereocenters. The molecule has 0 bridgehead atoms. The number of hydrogen-bond acceptors (Lipinski definition) is 7. The fourth-order valence-electron chi connectivity index (χ4n) is 2.77. The van der Waals surface area contributed by atoms with Gasteiger partial charge in [-0.2, -0.15) is 0 Å². The summed E-state index contributed by atoms with van der Waals surface area (Å²) in [6.07, 6.45) is 0.135. The SMILES string of the molecule is Cc1nc(NC(=O)CCNC(=O)c2cccc(/C(N)=N/N(C)N)c2)sc1C(C)(C)C. The summed E-state index contributed by atoms with van der Waals surface area (Å²) in [7, 11) is 1.55. The molecule has 30 heavy (non-hydrogen) atoms. The van der Waals surface area contributed by atoms with Gasteiger partial charge >= 0.3 is 0 Å². The van der Waals surface area contributed by atoms with Crippen molar-refractivity contribution in [2.75, 3.05) is 18.9 Å². The van der Waals surface area contributed by atoms with Crippen LogP contribution in [0.4, 0.5) is 5.13 Å².